The van der Waals surface area contributed by atoms with Crippen molar-refractivity contribution in [1.82, 2.24) is 9.97 Å². The number of aromatic nitrogens is 2. The highest BCUT2D eigenvalue weighted by Crippen LogP contribution is 2.24. The van der Waals surface area contributed by atoms with Crippen molar-refractivity contribution in [1.29, 1.82) is 0 Å². The highest BCUT2D eigenvalue weighted by molar-refractivity contribution is 5.49. The van der Waals surface area contributed by atoms with E-state index in [1.165, 1.54) is 23.1 Å². The van der Waals surface area contributed by atoms with Crippen molar-refractivity contribution in [3.8, 4) is 0 Å². The first-order valence-electron chi connectivity index (χ1n) is 9.17. The number of anilines is 2. The van der Waals surface area contributed by atoms with Gasteiger partial charge in [0.05, 0.1) is 12.6 Å². The van der Waals surface area contributed by atoms with E-state index in [4.69, 9.17) is 0 Å². The number of nitrogens with zero attached hydrogens (tertiary/aromatic N) is 3. The normalized spacial score (nSPS) is 17.6. The SMILES string of the molecule is Cc1ccc(CCNc2cc(N3CCCCC3CO)ncn2)c(C)c1. The molecular formula is C20H28N4O. The molecule has 1 aliphatic rings. The van der Waals surface area contributed by atoms with Gasteiger partial charge >= 0.3 is 0 Å². The number of benzene rings is 1. The first-order valence-corrected chi connectivity index (χ1v) is 9.17. The maximum atomic E-state index is 9.60. The molecular weight excluding hydrogens is 312 g/mol. The van der Waals surface area contributed by atoms with E-state index in [0.717, 1.165) is 44.0 Å². The third-order valence-corrected chi connectivity index (χ3v) is 4.98. The van der Waals surface area contributed by atoms with Gasteiger partial charge in [-0.25, -0.2) is 9.97 Å². The molecule has 1 saturated heterocycles. The van der Waals surface area contributed by atoms with Gasteiger partial charge in [-0.15, -0.1) is 0 Å². The fourth-order valence-electron chi connectivity index (χ4n) is 3.54. The van der Waals surface area contributed by atoms with Crippen LogP contribution >= 0.6 is 0 Å². The van der Waals surface area contributed by atoms with Crippen molar-refractivity contribution in [2.24, 2.45) is 0 Å². The number of aliphatic hydroxyl groups excluding tert-OH is 1. The molecule has 1 aromatic heterocycles. The number of hydrogen-bond donors (Lipinski definition) is 2. The average molecular weight is 340 g/mol. The second kappa shape index (κ2) is 8.30. The summed E-state index contributed by atoms with van der Waals surface area (Å²) in [6, 6.07) is 8.76. The first kappa shape index (κ1) is 17.7. The zero-order chi connectivity index (χ0) is 17.6. The summed E-state index contributed by atoms with van der Waals surface area (Å²) < 4.78 is 0. The van der Waals surface area contributed by atoms with E-state index in [9.17, 15) is 5.11 Å². The molecule has 1 aliphatic heterocycles. The van der Waals surface area contributed by atoms with E-state index in [1.54, 1.807) is 6.33 Å². The highest BCUT2D eigenvalue weighted by atomic mass is 16.3. The van der Waals surface area contributed by atoms with E-state index < -0.39 is 0 Å². The Bertz CT molecular complexity index is 704. The lowest BCUT2D eigenvalue weighted by molar-refractivity contribution is 0.239. The molecule has 1 atom stereocenters. The van der Waals surface area contributed by atoms with Gasteiger partial charge in [0.25, 0.3) is 0 Å². The molecule has 134 valence electrons. The van der Waals surface area contributed by atoms with Crippen LogP contribution in [0.15, 0.2) is 30.6 Å². The number of rotatable bonds is 6. The van der Waals surface area contributed by atoms with E-state index >= 15 is 0 Å². The Morgan fingerprint density at radius 2 is 2.08 bits per heavy atom. The lowest BCUT2D eigenvalue weighted by Crippen LogP contribution is -2.42. The van der Waals surface area contributed by atoms with Crippen LogP contribution in [0.4, 0.5) is 11.6 Å². The summed E-state index contributed by atoms with van der Waals surface area (Å²) in [5, 5.41) is 13.0. The smallest absolute Gasteiger partial charge is 0.134 e. The summed E-state index contributed by atoms with van der Waals surface area (Å²) in [6.07, 6.45) is 5.92. The zero-order valence-electron chi connectivity index (χ0n) is 15.2. The third kappa shape index (κ3) is 4.48. The summed E-state index contributed by atoms with van der Waals surface area (Å²) in [7, 11) is 0. The number of aliphatic hydroxyl groups is 1. The van der Waals surface area contributed by atoms with Crippen LogP contribution in [0.5, 0.6) is 0 Å². The van der Waals surface area contributed by atoms with Crippen LogP contribution in [0.2, 0.25) is 0 Å². The largest absolute Gasteiger partial charge is 0.394 e. The molecule has 2 N–H and O–H groups in total. The second-order valence-electron chi connectivity index (χ2n) is 6.89. The Morgan fingerprint density at radius 3 is 2.88 bits per heavy atom. The predicted octanol–water partition coefficient (Wildman–Crippen LogP) is 3.10. The van der Waals surface area contributed by atoms with Crippen LogP contribution in [-0.4, -0.2) is 40.8 Å². The predicted molar refractivity (Wildman–Crippen MR) is 102 cm³/mol. The Hall–Kier alpha value is -2.14. The molecule has 1 aromatic carbocycles. The monoisotopic (exact) mass is 340 g/mol. The van der Waals surface area contributed by atoms with Crippen LogP contribution in [0.3, 0.4) is 0 Å². The molecule has 2 aromatic rings. The van der Waals surface area contributed by atoms with Crippen molar-refractivity contribution >= 4 is 11.6 Å². The number of piperidine rings is 1. The zero-order valence-corrected chi connectivity index (χ0v) is 15.2. The minimum Gasteiger partial charge on any atom is -0.394 e. The lowest BCUT2D eigenvalue weighted by Gasteiger charge is -2.35. The summed E-state index contributed by atoms with van der Waals surface area (Å²) in [6.45, 7) is 6.25. The molecule has 0 saturated carbocycles. The van der Waals surface area contributed by atoms with E-state index in [0.29, 0.717) is 0 Å². The van der Waals surface area contributed by atoms with Gasteiger partial charge in [-0.2, -0.15) is 0 Å². The van der Waals surface area contributed by atoms with Gasteiger partial charge in [-0.05, 0) is 50.7 Å². The van der Waals surface area contributed by atoms with Gasteiger partial charge in [0.1, 0.15) is 18.0 Å². The molecule has 25 heavy (non-hydrogen) atoms. The Balaban J connectivity index is 1.61. The standard InChI is InChI=1S/C20H28N4O/c1-15-6-7-17(16(2)11-15)8-9-21-19-12-20(23-14-22-19)24-10-4-3-5-18(24)13-25/h6-7,11-12,14,18,25H,3-5,8-10,13H2,1-2H3,(H,21,22,23). The van der Waals surface area contributed by atoms with Crippen LogP contribution in [0, 0.1) is 13.8 Å². The number of aryl methyl sites for hydroxylation is 2. The lowest BCUT2D eigenvalue weighted by atomic mass is 10.0. The van der Waals surface area contributed by atoms with Gasteiger partial charge in [0.15, 0.2) is 0 Å². The fraction of sp³-hybridized carbons (Fsp3) is 0.500. The van der Waals surface area contributed by atoms with E-state index in [-0.39, 0.29) is 12.6 Å². The maximum Gasteiger partial charge on any atom is 0.134 e. The quantitative estimate of drug-likeness (QED) is 0.846. The van der Waals surface area contributed by atoms with Crippen LogP contribution in [0.1, 0.15) is 36.0 Å². The van der Waals surface area contributed by atoms with Gasteiger partial charge < -0.3 is 15.3 Å². The van der Waals surface area contributed by atoms with Crippen LogP contribution < -0.4 is 10.2 Å². The van der Waals surface area contributed by atoms with Crippen molar-refractivity contribution in [2.45, 2.75) is 45.6 Å². The van der Waals surface area contributed by atoms with E-state index in [2.05, 4.69) is 52.2 Å². The van der Waals surface area contributed by atoms with Crippen molar-refractivity contribution in [3.05, 3.63) is 47.3 Å². The molecule has 0 spiro atoms. The fourth-order valence-corrected chi connectivity index (χ4v) is 3.54. The summed E-state index contributed by atoms with van der Waals surface area (Å²) in [5.74, 6) is 1.75. The highest BCUT2D eigenvalue weighted by Gasteiger charge is 2.23. The van der Waals surface area contributed by atoms with Crippen molar-refractivity contribution in [3.63, 3.8) is 0 Å². The summed E-state index contributed by atoms with van der Waals surface area (Å²) >= 11 is 0. The molecule has 5 nitrogen and oxygen atoms in total. The minimum atomic E-state index is 0.173. The number of nitrogens with one attached hydrogen (secondary N) is 1. The second-order valence-corrected chi connectivity index (χ2v) is 6.89. The Kier molecular flexibility index (Phi) is 5.87. The molecule has 3 rings (SSSR count). The van der Waals surface area contributed by atoms with Gasteiger partial charge in [0, 0.05) is 19.2 Å². The molecule has 0 bridgehead atoms. The topological polar surface area (TPSA) is 61.3 Å². The molecule has 0 amide bonds. The molecule has 1 unspecified atom stereocenters. The molecule has 5 heteroatoms. The minimum absolute atomic E-state index is 0.173. The van der Waals surface area contributed by atoms with Gasteiger partial charge in [-0.3, -0.25) is 0 Å². The third-order valence-electron chi connectivity index (χ3n) is 4.98. The molecule has 0 aliphatic carbocycles. The number of hydrogen-bond acceptors (Lipinski definition) is 5. The van der Waals surface area contributed by atoms with Gasteiger partial charge in [0.2, 0.25) is 0 Å². The first-order chi connectivity index (χ1) is 12.2. The van der Waals surface area contributed by atoms with Crippen molar-refractivity contribution in [2.75, 3.05) is 29.9 Å². The molecule has 1 fully saturated rings. The average Bonchev–Trinajstić information content (AvgIpc) is 2.64. The van der Waals surface area contributed by atoms with E-state index in [1.807, 2.05) is 6.07 Å². The molecule has 2 heterocycles. The summed E-state index contributed by atoms with van der Waals surface area (Å²) in [5.41, 5.74) is 4.00. The van der Waals surface area contributed by atoms with Crippen LogP contribution in [-0.2, 0) is 6.42 Å². The Morgan fingerprint density at radius 1 is 1.20 bits per heavy atom. The van der Waals surface area contributed by atoms with Crippen molar-refractivity contribution < 1.29 is 5.11 Å². The van der Waals surface area contributed by atoms with Gasteiger partial charge in [-0.1, -0.05) is 23.8 Å². The summed E-state index contributed by atoms with van der Waals surface area (Å²) in [4.78, 5) is 11.0. The Labute approximate surface area is 150 Å². The molecule has 0 radical (unpaired) electrons. The maximum absolute atomic E-state index is 9.60. The van der Waals surface area contributed by atoms with Crippen LogP contribution in [0.25, 0.3) is 0 Å².